The van der Waals surface area contributed by atoms with Crippen molar-refractivity contribution in [3.8, 4) is 0 Å². The molecule has 1 aromatic rings. The normalized spacial score (nSPS) is 33.2. The molecule has 4 bridgehead atoms. The Morgan fingerprint density at radius 3 is 2.13 bits per heavy atom. The molecular formula is C26H35N3O2. The van der Waals surface area contributed by atoms with Crippen molar-refractivity contribution in [1.82, 2.24) is 15.1 Å². The van der Waals surface area contributed by atoms with E-state index < -0.39 is 0 Å². The minimum atomic E-state index is -0.180. The van der Waals surface area contributed by atoms with Gasteiger partial charge in [0.2, 0.25) is 11.8 Å². The minimum Gasteiger partial charge on any atom is -0.347 e. The van der Waals surface area contributed by atoms with Crippen LogP contribution in [-0.2, 0) is 9.59 Å². The fourth-order valence-electron chi connectivity index (χ4n) is 7.24. The lowest BCUT2D eigenvalue weighted by Crippen LogP contribution is -2.56. The van der Waals surface area contributed by atoms with Crippen LogP contribution < -0.4 is 5.32 Å². The molecule has 2 amide bonds. The molecule has 5 heteroatoms. The molecule has 31 heavy (non-hydrogen) atoms. The molecule has 166 valence electrons. The smallest absolute Gasteiger partial charge is 0.242 e. The largest absolute Gasteiger partial charge is 0.347 e. The van der Waals surface area contributed by atoms with Crippen molar-refractivity contribution < 1.29 is 9.59 Å². The lowest BCUT2D eigenvalue weighted by Gasteiger charge is -2.55. The summed E-state index contributed by atoms with van der Waals surface area (Å²) in [5, 5.41) is 3.05. The second-order valence-electron chi connectivity index (χ2n) is 10.4. The molecule has 1 N–H and O–H groups in total. The predicted octanol–water partition coefficient (Wildman–Crippen LogP) is 3.39. The Hall–Kier alpha value is -2.14. The topological polar surface area (TPSA) is 52.6 Å². The zero-order chi connectivity index (χ0) is 21.4. The zero-order valence-corrected chi connectivity index (χ0v) is 18.5. The highest BCUT2D eigenvalue weighted by Gasteiger charge is 2.54. The third kappa shape index (κ3) is 4.05. The summed E-state index contributed by atoms with van der Waals surface area (Å²) in [6.45, 7) is 7.20. The number of hydrogen-bond donors (Lipinski definition) is 1. The Balaban J connectivity index is 1.12. The summed E-state index contributed by atoms with van der Waals surface area (Å²) < 4.78 is 0. The van der Waals surface area contributed by atoms with Crippen LogP contribution in [-0.4, -0.2) is 54.3 Å². The summed E-state index contributed by atoms with van der Waals surface area (Å²) in [6.07, 6.45) is 9.08. The molecule has 1 unspecified atom stereocenters. The summed E-state index contributed by atoms with van der Waals surface area (Å²) in [5.41, 5.74) is 1.06. The predicted molar refractivity (Wildman–Crippen MR) is 121 cm³/mol. The third-order valence-electron chi connectivity index (χ3n) is 8.34. The van der Waals surface area contributed by atoms with Crippen LogP contribution in [0.25, 0.3) is 0 Å². The molecule has 5 nitrogen and oxygen atoms in total. The molecule has 0 aromatic heterocycles. The molecule has 6 rings (SSSR count). The molecule has 1 saturated heterocycles. The molecule has 1 atom stereocenters. The average molecular weight is 422 g/mol. The molecular weight excluding hydrogens is 386 g/mol. The van der Waals surface area contributed by atoms with Gasteiger partial charge in [0.25, 0.3) is 0 Å². The molecule has 4 aliphatic carbocycles. The van der Waals surface area contributed by atoms with Gasteiger partial charge in [0, 0.05) is 31.6 Å². The van der Waals surface area contributed by atoms with Crippen LogP contribution in [0, 0.1) is 23.2 Å². The van der Waals surface area contributed by atoms with Crippen LogP contribution in [0.2, 0.25) is 0 Å². The second-order valence-corrected chi connectivity index (χ2v) is 10.4. The third-order valence-corrected chi connectivity index (χ3v) is 8.34. The van der Waals surface area contributed by atoms with E-state index in [0.717, 1.165) is 50.1 Å². The maximum Gasteiger partial charge on any atom is 0.242 e. The van der Waals surface area contributed by atoms with Gasteiger partial charge >= 0.3 is 0 Å². The van der Waals surface area contributed by atoms with Crippen molar-refractivity contribution in [2.45, 2.75) is 44.6 Å². The number of piperazine rings is 1. The van der Waals surface area contributed by atoms with Crippen LogP contribution >= 0.6 is 0 Å². The van der Waals surface area contributed by atoms with Gasteiger partial charge in [0.05, 0.1) is 12.6 Å². The second kappa shape index (κ2) is 8.42. The Morgan fingerprint density at radius 1 is 1.00 bits per heavy atom. The monoisotopic (exact) mass is 421 g/mol. The van der Waals surface area contributed by atoms with Crippen LogP contribution in [0.5, 0.6) is 0 Å². The van der Waals surface area contributed by atoms with Crippen molar-refractivity contribution in [3.05, 3.63) is 48.6 Å². The fraction of sp³-hybridized carbons (Fsp3) is 0.615. The number of benzene rings is 1. The number of nitrogens with zero attached hydrogens (tertiary/aromatic N) is 2. The van der Waals surface area contributed by atoms with E-state index in [1.807, 2.05) is 17.0 Å². The molecule has 5 aliphatic rings. The van der Waals surface area contributed by atoms with Gasteiger partial charge in [-0.3, -0.25) is 14.5 Å². The number of carbonyl (C=O) groups excluding carboxylic acids is 2. The summed E-state index contributed by atoms with van der Waals surface area (Å²) in [4.78, 5) is 30.2. The summed E-state index contributed by atoms with van der Waals surface area (Å²) in [5.74, 6) is 2.41. The number of hydrogen-bond acceptors (Lipinski definition) is 3. The Kier molecular flexibility index (Phi) is 5.63. The van der Waals surface area contributed by atoms with E-state index in [1.54, 1.807) is 0 Å². The molecule has 4 saturated carbocycles. The maximum atomic E-state index is 13.1. The number of carbonyl (C=O) groups is 2. The first-order valence-corrected chi connectivity index (χ1v) is 12.0. The highest BCUT2D eigenvalue weighted by atomic mass is 16.2. The lowest BCUT2D eigenvalue weighted by molar-refractivity contribution is -0.148. The van der Waals surface area contributed by atoms with E-state index in [0.29, 0.717) is 13.1 Å². The van der Waals surface area contributed by atoms with Gasteiger partial charge in [0.1, 0.15) is 0 Å². The van der Waals surface area contributed by atoms with Crippen molar-refractivity contribution in [2.24, 2.45) is 23.2 Å². The van der Waals surface area contributed by atoms with Gasteiger partial charge in [-0.15, -0.1) is 6.58 Å². The first-order valence-electron chi connectivity index (χ1n) is 12.0. The van der Waals surface area contributed by atoms with E-state index in [-0.39, 0.29) is 29.8 Å². The van der Waals surface area contributed by atoms with E-state index in [4.69, 9.17) is 0 Å². The van der Waals surface area contributed by atoms with Crippen molar-refractivity contribution >= 4 is 11.8 Å². The van der Waals surface area contributed by atoms with E-state index in [2.05, 4.69) is 41.1 Å². The Morgan fingerprint density at radius 2 is 1.58 bits per heavy atom. The molecule has 0 spiro atoms. The summed E-state index contributed by atoms with van der Waals surface area (Å²) >= 11 is 0. The number of nitrogens with one attached hydrogen (secondary N) is 1. The van der Waals surface area contributed by atoms with Crippen molar-refractivity contribution in [1.29, 1.82) is 0 Å². The van der Waals surface area contributed by atoms with Gasteiger partial charge in [-0.1, -0.05) is 36.4 Å². The van der Waals surface area contributed by atoms with Gasteiger partial charge in [-0.25, -0.2) is 0 Å². The van der Waals surface area contributed by atoms with Crippen molar-refractivity contribution in [3.63, 3.8) is 0 Å². The first-order chi connectivity index (χ1) is 15.1. The Bertz CT molecular complexity index is 793. The molecule has 1 aromatic carbocycles. The molecule has 1 heterocycles. The Labute approximate surface area is 185 Å². The quantitative estimate of drug-likeness (QED) is 0.717. The first kappa shape index (κ1) is 20.7. The van der Waals surface area contributed by atoms with Crippen LogP contribution in [0.1, 0.15) is 50.1 Å². The van der Waals surface area contributed by atoms with Crippen molar-refractivity contribution in [2.75, 3.05) is 32.7 Å². The minimum absolute atomic E-state index is 0.0487. The number of amides is 2. The van der Waals surface area contributed by atoms with Crippen LogP contribution in [0.4, 0.5) is 0 Å². The van der Waals surface area contributed by atoms with Crippen LogP contribution in [0.15, 0.2) is 43.0 Å². The average Bonchev–Trinajstić information content (AvgIpc) is 2.78. The summed E-state index contributed by atoms with van der Waals surface area (Å²) in [7, 11) is 0. The van der Waals surface area contributed by atoms with Gasteiger partial charge in [-0.05, 0) is 61.8 Å². The van der Waals surface area contributed by atoms with Gasteiger partial charge < -0.3 is 10.2 Å². The molecule has 0 radical (unpaired) electrons. The number of rotatable bonds is 6. The highest BCUT2D eigenvalue weighted by molar-refractivity contribution is 5.88. The maximum absolute atomic E-state index is 13.1. The van der Waals surface area contributed by atoms with E-state index >= 15 is 0 Å². The lowest BCUT2D eigenvalue weighted by atomic mass is 9.49. The van der Waals surface area contributed by atoms with E-state index in [1.165, 1.54) is 24.8 Å². The van der Waals surface area contributed by atoms with E-state index in [9.17, 15) is 9.59 Å². The standard InChI is InChI=1S/C26H35N3O2/c1-2-23(22-6-4-3-5-7-22)28-8-10-29(11-9-28)24(30)18-27-25(31)26-15-19-12-20(16-26)14-21(13-19)17-26/h2-7,19-21,23H,1,8-18H2,(H,27,31). The summed E-state index contributed by atoms with van der Waals surface area (Å²) in [6, 6.07) is 10.6. The fourth-order valence-corrected chi connectivity index (χ4v) is 7.24. The van der Waals surface area contributed by atoms with Gasteiger partial charge in [-0.2, -0.15) is 0 Å². The van der Waals surface area contributed by atoms with Gasteiger partial charge in [0.15, 0.2) is 0 Å². The van der Waals surface area contributed by atoms with Crippen LogP contribution in [0.3, 0.4) is 0 Å². The zero-order valence-electron chi connectivity index (χ0n) is 18.5. The highest BCUT2D eigenvalue weighted by Crippen LogP contribution is 2.60. The molecule has 5 fully saturated rings. The molecule has 1 aliphatic heterocycles. The SMILES string of the molecule is C=CC(c1ccccc1)N1CCN(C(=O)CNC(=O)C23CC4CC(CC(C4)C2)C3)CC1.